The molecule has 0 saturated carbocycles. The Hall–Kier alpha value is -1.69. The third-order valence-corrected chi connectivity index (χ3v) is 2.45. The summed E-state index contributed by atoms with van der Waals surface area (Å²) in [5.74, 6) is -0.154. The summed E-state index contributed by atoms with van der Waals surface area (Å²) in [6.45, 7) is 1.33. The molecule has 15 heavy (non-hydrogen) atoms. The van der Waals surface area contributed by atoms with Crippen molar-refractivity contribution in [2.75, 3.05) is 18.0 Å². The summed E-state index contributed by atoms with van der Waals surface area (Å²) in [6, 6.07) is 3.03. The Labute approximate surface area is 86.3 Å². The summed E-state index contributed by atoms with van der Waals surface area (Å²) in [5, 5.41) is 19.7. The summed E-state index contributed by atoms with van der Waals surface area (Å²) in [4.78, 5) is 15.5. The Kier molecular flexibility index (Phi) is 2.51. The van der Waals surface area contributed by atoms with E-state index < -0.39 is 4.92 Å². The Bertz CT molecular complexity index is 365. The first-order valence-corrected chi connectivity index (χ1v) is 4.70. The summed E-state index contributed by atoms with van der Waals surface area (Å²) in [7, 11) is 0. The molecule has 1 fully saturated rings. The molecule has 80 valence electrons. The van der Waals surface area contributed by atoms with Crippen LogP contribution in [-0.2, 0) is 0 Å². The molecule has 0 radical (unpaired) electrons. The largest absolute Gasteiger partial charge is 0.391 e. The van der Waals surface area contributed by atoms with Crippen molar-refractivity contribution in [1.82, 2.24) is 4.98 Å². The van der Waals surface area contributed by atoms with Gasteiger partial charge < -0.3 is 20.1 Å². The molecule has 1 saturated heterocycles. The molecule has 0 amide bonds. The van der Waals surface area contributed by atoms with Crippen LogP contribution >= 0.6 is 0 Å². The van der Waals surface area contributed by atoms with Crippen LogP contribution in [0.4, 0.5) is 11.5 Å². The van der Waals surface area contributed by atoms with E-state index in [1.165, 1.54) is 12.3 Å². The normalized spacial score (nSPS) is 20.6. The van der Waals surface area contributed by atoms with Gasteiger partial charge in [-0.1, -0.05) is 0 Å². The van der Waals surface area contributed by atoms with Gasteiger partial charge in [-0.2, -0.15) is 0 Å². The van der Waals surface area contributed by atoms with Gasteiger partial charge in [0.25, 0.3) is 0 Å². The zero-order valence-electron chi connectivity index (χ0n) is 8.04. The molecule has 0 aliphatic carbocycles. The van der Waals surface area contributed by atoms with Gasteiger partial charge >= 0.3 is 5.82 Å². The molecule has 1 atom stereocenters. The number of aromatic nitrogens is 1. The first kappa shape index (κ1) is 9.85. The Morgan fingerprint density at radius 2 is 2.40 bits per heavy atom. The van der Waals surface area contributed by atoms with E-state index in [1.807, 2.05) is 4.90 Å². The lowest BCUT2D eigenvalue weighted by Gasteiger charge is -2.15. The van der Waals surface area contributed by atoms with E-state index in [0.717, 1.165) is 18.7 Å². The van der Waals surface area contributed by atoms with Crippen LogP contribution < -0.4 is 4.90 Å². The lowest BCUT2D eigenvalue weighted by Crippen LogP contribution is -2.21. The lowest BCUT2D eigenvalue weighted by atomic mass is 10.3. The summed E-state index contributed by atoms with van der Waals surface area (Å²) in [5.41, 5.74) is 0.817. The molecule has 2 rings (SSSR count). The number of nitrogens with zero attached hydrogens (tertiary/aromatic N) is 3. The van der Waals surface area contributed by atoms with Gasteiger partial charge in [-0.25, -0.2) is 0 Å². The molecule has 0 aromatic carbocycles. The third-order valence-electron chi connectivity index (χ3n) is 2.45. The highest BCUT2D eigenvalue weighted by molar-refractivity contribution is 5.47. The van der Waals surface area contributed by atoms with Crippen molar-refractivity contribution in [2.24, 2.45) is 0 Å². The maximum atomic E-state index is 10.4. The number of aliphatic hydroxyl groups is 1. The molecular weight excluding hydrogens is 198 g/mol. The van der Waals surface area contributed by atoms with Crippen LogP contribution in [0.3, 0.4) is 0 Å². The van der Waals surface area contributed by atoms with Crippen molar-refractivity contribution in [3.05, 3.63) is 28.4 Å². The third kappa shape index (κ3) is 2.04. The fourth-order valence-corrected chi connectivity index (χ4v) is 1.65. The van der Waals surface area contributed by atoms with Crippen LogP contribution in [0, 0.1) is 10.1 Å². The number of anilines is 1. The summed E-state index contributed by atoms with van der Waals surface area (Å²) in [6.07, 6.45) is 1.90. The molecule has 1 N–H and O–H groups in total. The van der Waals surface area contributed by atoms with Gasteiger partial charge in [-0.3, -0.25) is 0 Å². The predicted octanol–water partition coefficient (Wildman–Crippen LogP) is 0.561. The minimum Gasteiger partial charge on any atom is -0.391 e. The highest BCUT2D eigenvalue weighted by atomic mass is 16.6. The SMILES string of the molecule is O=[N+]([O-])c1ccc(N2CC[C@@H](O)C2)cn1. The van der Waals surface area contributed by atoms with E-state index in [9.17, 15) is 15.2 Å². The Morgan fingerprint density at radius 1 is 1.60 bits per heavy atom. The number of pyridine rings is 1. The second-order valence-electron chi connectivity index (χ2n) is 3.52. The smallest absolute Gasteiger partial charge is 0.363 e. The summed E-state index contributed by atoms with van der Waals surface area (Å²) < 4.78 is 0. The first-order valence-electron chi connectivity index (χ1n) is 4.70. The van der Waals surface area contributed by atoms with Crippen molar-refractivity contribution in [3.8, 4) is 0 Å². The molecule has 6 heteroatoms. The molecule has 1 aliphatic rings. The quantitative estimate of drug-likeness (QED) is 0.568. The average molecular weight is 209 g/mol. The molecule has 1 aromatic heterocycles. The predicted molar refractivity (Wildman–Crippen MR) is 53.7 cm³/mol. The molecule has 0 spiro atoms. The fraction of sp³-hybridized carbons (Fsp3) is 0.444. The van der Waals surface area contributed by atoms with Gasteiger partial charge in [0.15, 0.2) is 6.20 Å². The maximum absolute atomic E-state index is 10.4. The first-order chi connectivity index (χ1) is 7.16. The Morgan fingerprint density at radius 3 is 2.87 bits per heavy atom. The zero-order valence-corrected chi connectivity index (χ0v) is 8.04. The number of nitro groups is 1. The van der Waals surface area contributed by atoms with Gasteiger partial charge in [-0.05, 0) is 22.4 Å². The Balaban J connectivity index is 2.13. The van der Waals surface area contributed by atoms with E-state index in [1.54, 1.807) is 6.07 Å². The van der Waals surface area contributed by atoms with Crippen LogP contribution in [0.5, 0.6) is 0 Å². The van der Waals surface area contributed by atoms with Gasteiger partial charge in [0.05, 0.1) is 11.8 Å². The minimum atomic E-state index is -0.525. The van der Waals surface area contributed by atoms with Crippen molar-refractivity contribution < 1.29 is 10.0 Å². The molecule has 1 aromatic rings. The van der Waals surface area contributed by atoms with Crippen LogP contribution in [0.25, 0.3) is 0 Å². The maximum Gasteiger partial charge on any atom is 0.363 e. The van der Waals surface area contributed by atoms with Crippen molar-refractivity contribution in [3.63, 3.8) is 0 Å². The monoisotopic (exact) mass is 209 g/mol. The van der Waals surface area contributed by atoms with Crippen molar-refractivity contribution >= 4 is 11.5 Å². The molecule has 6 nitrogen and oxygen atoms in total. The van der Waals surface area contributed by atoms with Crippen molar-refractivity contribution in [2.45, 2.75) is 12.5 Å². The second-order valence-corrected chi connectivity index (χ2v) is 3.52. The minimum absolute atomic E-state index is 0.154. The molecule has 0 unspecified atom stereocenters. The number of β-amino-alcohol motifs (C(OH)–C–C–N with tert-alkyl or cyclic N) is 1. The highest BCUT2D eigenvalue weighted by Crippen LogP contribution is 2.20. The van der Waals surface area contributed by atoms with E-state index >= 15 is 0 Å². The molecule has 0 bridgehead atoms. The number of hydrogen-bond acceptors (Lipinski definition) is 5. The number of aliphatic hydroxyl groups excluding tert-OH is 1. The van der Waals surface area contributed by atoms with Crippen LogP contribution in [0.1, 0.15) is 6.42 Å². The van der Waals surface area contributed by atoms with Crippen molar-refractivity contribution in [1.29, 1.82) is 0 Å². The van der Waals surface area contributed by atoms with Gasteiger partial charge in [-0.15, -0.1) is 0 Å². The van der Waals surface area contributed by atoms with Gasteiger partial charge in [0.2, 0.25) is 0 Å². The standard InChI is InChI=1S/C9H11N3O3/c13-8-3-4-11(6-8)7-1-2-9(10-5-7)12(14)15/h1-2,5,8,13H,3-4,6H2/t8-/m1/s1. The van der Waals surface area contributed by atoms with E-state index in [4.69, 9.17) is 0 Å². The van der Waals surface area contributed by atoms with Crippen LogP contribution in [-0.4, -0.2) is 34.2 Å². The van der Waals surface area contributed by atoms with Gasteiger partial charge in [0.1, 0.15) is 0 Å². The average Bonchev–Trinajstić information content (AvgIpc) is 2.65. The number of rotatable bonds is 2. The highest BCUT2D eigenvalue weighted by Gasteiger charge is 2.21. The van der Waals surface area contributed by atoms with E-state index in [-0.39, 0.29) is 11.9 Å². The van der Waals surface area contributed by atoms with Crippen LogP contribution in [0.2, 0.25) is 0 Å². The van der Waals surface area contributed by atoms with E-state index in [0.29, 0.717) is 6.54 Å². The second kappa shape index (κ2) is 3.82. The fourth-order valence-electron chi connectivity index (χ4n) is 1.65. The molecule has 2 heterocycles. The van der Waals surface area contributed by atoms with E-state index in [2.05, 4.69) is 4.98 Å². The number of hydrogen-bond donors (Lipinski definition) is 1. The van der Waals surface area contributed by atoms with Crippen LogP contribution in [0.15, 0.2) is 18.3 Å². The zero-order chi connectivity index (χ0) is 10.8. The topological polar surface area (TPSA) is 79.5 Å². The lowest BCUT2D eigenvalue weighted by molar-refractivity contribution is -0.389. The van der Waals surface area contributed by atoms with Gasteiger partial charge in [0, 0.05) is 19.2 Å². The molecule has 1 aliphatic heterocycles. The summed E-state index contributed by atoms with van der Waals surface area (Å²) >= 11 is 0. The molecular formula is C9H11N3O3.